The van der Waals surface area contributed by atoms with Crippen molar-refractivity contribution in [3.8, 4) is 0 Å². The minimum atomic E-state index is 0.155. The van der Waals surface area contributed by atoms with Crippen LogP contribution in [0.2, 0.25) is 0 Å². The van der Waals surface area contributed by atoms with Crippen LogP contribution in [0.4, 0.5) is 0 Å². The Morgan fingerprint density at radius 2 is 2.60 bits per heavy atom. The molecule has 15 heavy (non-hydrogen) atoms. The third kappa shape index (κ3) is 3.30. The van der Waals surface area contributed by atoms with E-state index in [4.69, 9.17) is 14.0 Å². The summed E-state index contributed by atoms with van der Waals surface area (Å²) in [6.45, 7) is 5.48. The van der Waals surface area contributed by atoms with Crippen molar-refractivity contribution in [2.24, 2.45) is 0 Å². The maximum atomic E-state index is 5.49. The minimum absolute atomic E-state index is 0.155. The van der Waals surface area contributed by atoms with Gasteiger partial charge >= 0.3 is 0 Å². The molecule has 2 rings (SSSR count). The average molecular weight is 212 g/mol. The molecule has 0 radical (unpaired) electrons. The zero-order valence-corrected chi connectivity index (χ0v) is 8.86. The quantitative estimate of drug-likeness (QED) is 0.787. The summed E-state index contributed by atoms with van der Waals surface area (Å²) in [5.74, 6) is 0.760. The Balaban J connectivity index is 1.65. The molecule has 5 nitrogen and oxygen atoms in total. The number of morpholine rings is 1. The fourth-order valence-corrected chi connectivity index (χ4v) is 1.50. The van der Waals surface area contributed by atoms with Crippen LogP contribution in [0.1, 0.15) is 11.5 Å². The van der Waals surface area contributed by atoms with Gasteiger partial charge in [0, 0.05) is 19.2 Å². The number of aromatic nitrogens is 1. The molecular formula is C10H16N2O3. The van der Waals surface area contributed by atoms with Crippen LogP contribution in [0.5, 0.6) is 0 Å². The standard InChI is InChI=1S/C10H16N2O3/c1-8-4-9(15-12-8)6-13-7-10-5-11-2-3-14-10/h4,10-11H,2-3,5-7H2,1H3. The third-order valence-electron chi connectivity index (χ3n) is 2.23. The molecule has 1 saturated heterocycles. The van der Waals surface area contributed by atoms with Gasteiger partial charge < -0.3 is 19.3 Å². The first-order valence-corrected chi connectivity index (χ1v) is 5.17. The minimum Gasteiger partial charge on any atom is -0.373 e. The van der Waals surface area contributed by atoms with Gasteiger partial charge in [-0.25, -0.2) is 0 Å². The number of hydrogen-bond donors (Lipinski definition) is 1. The second-order valence-corrected chi connectivity index (χ2v) is 3.65. The van der Waals surface area contributed by atoms with Gasteiger partial charge in [-0.1, -0.05) is 5.16 Å². The van der Waals surface area contributed by atoms with Gasteiger partial charge in [0.1, 0.15) is 6.61 Å². The van der Waals surface area contributed by atoms with Crippen molar-refractivity contribution < 1.29 is 14.0 Å². The maximum absolute atomic E-state index is 5.49. The molecule has 1 aromatic heterocycles. The Morgan fingerprint density at radius 1 is 1.67 bits per heavy atom. The first-order valence-electron chi connectivity index (χ1n) is 5.17. The van der Waals surface area contributed by atoms with E-state index in [1.807, 2.05) is 13.0 Å². The number of hydrogen-bond acceptors (Lipinski definition) is 5. The van der Waals surface area contributed by atoms with Crippen molar-refractivity contribution in [3.05, 3.63) is 17.5 Å². The topological polar surface area (TPSA) is 56.5 Å². The summed E-state index contributed by atoms with van der Waals surface area (Å²) in [5.41, 5.74) is 0.879. The van der Waals surface area contributed by atoms with Crippen LogP contribution in [-0.2, 0) is 16.1 Å². The molecule has 0 amide bonds. The van der Waals surface area contributed by atoms with Crippen LogP contribution in [0, 0.1) is 6.92 Å². The first kappa shape index (κ1) is 10.6. The van der Waals surface area contributed by atoms with Crippen molar-refractivity contribution >= 4 is 0 Å². The smallest absolute Gasteiger partial charge is 0.162 e. The van der Waals surface area contributed by atoms with Crippen LogP contribution < -0.4 is 5.32 Å². The molecule has 1 N–H and O–H groups in total. The Hall–Kier alpha value is -0.910. The number of nitrogens with one attached hydrogen (secondary N) is 1. The average Bonchev–Trinajstić information content (AvgIpc) is 2.66. The highest BCUT2D eigenvalue weighted by molar-refractivity contribution is 5.01. The highest BCUT2D eigenvalue weighted by atomic mass is 16.5. The monoisotopic (exact) mass is 212 g/mol. The van der Waals surface area contributed by atoms with Gasteiger partial charge in [0.05, 0.1) is 25.0 Å². The normalized spacial score (nSPS) is 21.8. The van der Waals surface area contributed by atoms with E-state index in [0.717, 1.165) is 31.2 Å². The van der Waals surface area contributed by atoms with E-state index in [9.17, 15) is 0 Å². The van der Waals surface area contributed by atoms with E-state index in [1.54, 1.807) is 0 Å². The predicted molar refractivity (Wildman–Crippen MR) is 53.5 cm³/mol. The molecule has 5 heteroatoms. The summed E-state index contributed by atoms with van der Waals surface area (Å²) in [6.07, 6.45) is 0.155. The second kappa shape index (κ2) is 5.25. The molecule has 0 spiro atoms. The largest absolute Gasteiger partial charge is 0.373 e. The lowest BCUT2D eigenvalue weighted by Gasteiger charge is -2.23. The first-order chi connectivity index (χ1) is 7.34. The summed E-state index contributed by atoms with van der Waals surface area (Å²) in [4.78, 5) is 0. The fourth-order valence-electron chi connectivity index (χ4n) is 1.50. The van der Waals surface area contributed by atoms with Gasteiger partial charge in [-0.15, -0.1) is 0 Å². The fraction of sp³-hybridized carbons (Fsp3) is 0.700. The van der Waals surface area contributed by atoms with E-state index in [1.165, 1.54) is 0 Å². The molecule has 1 aliphatic heterocycles. The van der Waals surface area contributed by atoms with Gasteiger partial charge in [0.2, 0.25) is 0 Å². The van der Waals surface area contributed by atoms with Crippen LogP contribution >= 0.6 is 0 Å². The van der Waals surface area contributed by atoms with Gasteiger partial charge in [-0.2, -0.15) is 0 Å². The molecule has 0 aromatic carbocycles. The Morgan fingerprint density at radius 3 is 3.27 bits per heavy atom. The zero-order chi connectivity index (χ0) is 10.5. The van der Waals surface area contributed by atoms with Crippen molar-refractivity contribution in [3.63, 3.8) is 0 Å². The summed E-state index contributed by atoms with van der Waals surface area (Å²) in [6, 6.07) is 1.87. The summed E-state index contributed by atoms with van der Waals surface area (Å²) in [7, 11) is 0. The van der Waals surface area contributed by atoms with Crippen molar-refractivity contribution in [1.82, 2.24) is 10.5 Å². The van der Waals surface area contributed by atoms with Gasteiger partial charge in [0.15, 0.2) is 5.76 Å². The molecule has 1 aromatic rings. The van der Waals surface area contributed by atoms with E-state index in [0.29, 0.717) is 13.2 Å². The van der Waals surface area contributed by atoms with E-state index >= 15 is 0 Å². The number of rotatable bonds is 4. The third-order valence-corrected chi connectivity index (χ3v) is 2.23. The van der Waals surface area contributed by atoms with Crippen LogP contribution in [0.3, 0.4) is 0 Å². The summed E-state index contributed by atoms with van der Waals surface area (Å²) in [5, 5.41) is 7.03. The van der Waals surface area contributed by atoms with Crippen LogP contribution in [-0.4, -0.2) is 37.6 Å². The molecule has 1 fully saturated rings. The Labute approximate surface area is 88.7 Å². The summed E-state index contributed by atoms with van der Waals surface area (Å²) >= 11 is 0. The highest BCUT2D eigenvalue weighted by Gasteiger charge is 2.13. The molecular weight excluding hydrogens is 196 g/mol. The van der Waals surface area contributed by atoms with Crippen molar-refractivity contribution in [2.75, 3.05) is 26.3 Å². The van der Waals surface area contributed by atoms with Crippen molar-refractivity contribution in [2.45, 2.75) is 19.6 Å². The van der Waals surface area contributed by atoms with E-state index in [2.05, 4.69) is 10.5 Å². The molecule has 0 bridgehead atoms. The maximum Gasteiger partial charge on any atom is 0.162 e. The van der Waals surface area contributed by atoms with E-state index < -0.39 is 0 Å². The predicted octanol–water partition coefficient (Wildman–Crippen LogP) is 0.488. The lowest BCUT2D eigenvalue weighted by atomic mass is 10.3. The molecule has 1 atom stereocenters. The van der Waals surface area contributed by atoms with E-state index in [-0.39, 0.29) is 6.10 Å². The Bertz CT molecular complexity index is 295. The molecule has 0 saturated carbocycles. The highest BCUT2D eigenvalue weighted by Crippen LogP contribution is 2.05. The van der Waals surface area contributed by atoms with Crippen LogP contribution in [0.25, 0.3) is 0 Å². The van der Waals surface area contributed by atoms with Gasteiger partial charge in [-0.05, 0) is 6.92 Å². The molecule has 0 aliphatic carbocycles. The SMILES string of the molecule is Cc1cc(COCC2CNCCO2)on1. The lowest BCUT2D eigenvalue weighted by molar-refractivity contribution is -0.0391. The number of aryl methyl sites for hydroxylation is 1. The number of nitrogens with zero attached hydrogens (tertiary/aromatic N) is 1. The summed E-state index contributed by atoms with van der Waals surface area (Å²) < 4.78 is 16.0. The second-order valence-electron chi connectivity index (χ2n) is 3.65. The molecule has 1 unspecified atom stereocenters. The van der Waals surface area contributed by atoms with Crippen LogP contribution in [0.15, 0.2) is 10.6 Å². The van der Waals surface area contributed by atoms with Gasteiger partial charge in [-0.3, -0.25) is 0 Å². The lowest BCUT2D eigenvalue weighted by Crippen LogP contribution is -2.40. The Kier molecular flexibility index (Phi) is 3.71. The number of ether oxygens (including phenoxy) is 2. The molecule has 2 heterocycles. The zero-order valence-electron chi connectivity index (χ0n) is 8.86. The molecule has 84 valence electrons. The van der Waals surface area contributed by atoms with Gasteiger partial charge in [0.25, 0.3) is 0 Å². The molecule has 1 aliphatic rings. The van der Waals surface area contributed by atoms with Crippen molar-refractivity contribution in [1.29, 1.82) is 0 Å².